The van der Waals surface area contributed by atoms with Gasteiger partial charge in [0.05, 0.1) is 6.07 Å². The van der Waals surface area contributed by atoms with Crippen LogP contribution in [0, 0.1) is 22.2 Å². The number of carbonyl (C=O) groups is 1. The lowest BCUT2D eigenvalue weighted by Gasteiger charge is -2.50. The highest BCUT2D eigenvalue weighted by molar-refractivity contribution is 5.86. The van der Waals surface area contributed by atoms with Crippen LogP contribution in [0.5, 0.6) is 0 Å². The third kappa shape index (κ3) is 2.05. The number of hydrogen-bond donors (Lipinski definition) is 0. The number of nitrogens with zero attached hydrogens (tertiary/aromatic N) is 3. The zero-order chi connectivity index (χ0) is 14.2. The van der Waals surface area contributed by atoms with Crippen molar-refractivity contribution in [3.8, 4) is 6.07 Å². The van der Waals surface area contributed by atoms with Crippen LogP contribution in [0.25, 0.3) is 0 Å². The van der Waals surface area contributed by atoms with E-state index in [-0.39, 0.29) is 5.91 Å². The van der Waals surface area contributed by atoms with E-state index < -0.39 is 5.41 Å². The fourth-order valence-corrected chi connectivity index (χ4v) is 4.19. The lowest BCUT2D eigenvalue weighted by molar-refractivity contribution is -0.150. The third-order valence-electron chi connectivity index (χ3n) is 5.32. The van der Waals surface area contributed by atoms with Crippen LogP contribution in [0.1, 0.15) is 32.1 Å². The Labute approximate surface area is 121 Å². The summed E-state index contributed by atoms with van der Waals surface area (Å²) in [6, 6.07) is 2.32. The molecule has 1 aliphatic carbocycles. The number of rotatable bonds is 3. The molecular formula is C16H23N3O. The van der Waals surface area contributed by atoms with Crippen LogP contribution in [0.4, 0.5) is 0 Å². The minimum Gasteiger partial charge on any atom is -0.340 e. The highest BCUT2D eigenvalue weighted by atomic mass is 16.2. The van der Waals surface area contributed by atoms with E-state index >= 15 is 0 Å². The standard InChI is InChI=1S/C16H23N3O/c1-2-8-18-9-7-15(11-18)12-19(13-15)14(20)16(10-17)5-3-4-6-16/h2H,1,3-9,11-13H2. The van der Waals surface area contributed by atoms with Crippen molar-refractivity contribution in [2.75, 3.05) is 32.7 Å². The maximum Gasteiger partial charge on any atom is 0.243 e. The second kappa shape index (κ2) is 4.89. The molecule has 0 aromatic carbocycles. The molecule has 20 heavy (non-hydrogen) atoms. The SMILES string of the molecule is C=CCN1CCC2(C1)CN(C(=O)C1(C#N)CCCC1)C2. The van der Waals surface area contributed by atoms with Gasteiger partial charge in [-0.2, -0.15) is 5.26 Å². The van der Waals surface area contributed by atoms with Gasteiger partial charge in [-0.1, -0.05) is 18.9 Å². The highest BCUT2D eigenvalue weighted by Crippen LogP contribution is 2.45. The number of hydrogen-bond acceptors (Lipinski definition) is 3. The van der Waals surface area contributed by atoms with Gasteiger partial charge in [0.2, 0.25) is 5.91 Å². The molecule has 3 rings (SSSR count). The van der Waals surface area contributed by atoms with Crippen LogP contribution in [0.15, 0.2) is 12.7 Å². The molecule has 108 valence electrons. The third-order valence-corrected chi connectivity index (χ3v) is 5.32. The predicted octanol–water partition coefficient (Wildman–Crippen LogP) is 1.79. The lowest BCUT2D eigenvalue weighted by atomic mass is 9.76. The lowest BCUT2D eigenvalue weighted by Crippen LogP contribution is -2.62. The zero-order valence-corrected chi connectivity index (χ0v) is 12.1. The summed E-state index contributed by atoms with van der Waals surface area (Å²) in [5, 5.41) is 9.41. The first kappa shape index (κ1) is 13.6. The summed E-state index contributed by atoms with van der Waals surface area (Å²) in [5.41, 5.74) is -0.394. The van der Waals surface area contributed by atoms with Gasteiger partial charge in [-0.25, -0.2) is 0 Å². The van der Waals surface area contributed by atoms with Crippen LogP contribution < -0.4 is 0 Å². The molecule has 0 N–H and O–H groups in total. The number of nitriles is 1. The summed E-state index contributed by atoms with van der Waals surface area (Å²) in [6.07, 6.45) is 6.67. The average molecular weight is 273 g/mol. The summed E-state index contributed by atoms with van der Waals surface area (Å²) in [5.74, 6) is 0.102. The predicted molar refractivity (Wildman–Crippen MR) is 76.8 cm³/mol. The van der Waals surface area contributed by atoms with Crippen LogP contribution in [0.3, 0.4) is 0 Å². The Morgan fingerprint density at radius 3 is 2.55 bits per heavy atom. The molecule has 0 aromatic rings. The van der Waals surface area contributed by atoms with Crippen molar-refractivity contribution in [1.29, 1.82) is 5.26 Å². The van der Waals surface area contributed by atoms with E-state index in [9.17, 15) is 10.1 Å². The Morgan fingerprint density at radius 2 is 1.95 bits per heavy atom. The largest absolute Gasteiger partial charge is 0.340 e. The fourth-order valence-electron chi connectivity index (χ4n) is 4.19. The van der Waals surface area contributed by atoms with Gasteiger partial charge in [-0.3, -0.25) is 9.69 Å². The summed E-state index contributed by atoms with van der Waals surface area (Å²) in [6.45, 7) is 8.61. The first-order chi connectivity index (χ1) is 9.63. The van der Waals surface area contributed by atoms with E-state index in [1.807, 2.05) is 11.0 Å². The van der Waals surface area contributed by atoms with E-state index in [0.717, 1.165) is 58.4 Å². The fraction of sp³-hybridized carbons (Fsp3) is 0.750. The number of carbonyl (C=O) groups excluding carboxylic acids is 1. The van der Waals surface area contributed by atoms with Crippen LogP contribution in [0.2, 0.25) is 0 Å². The van der Waals surface area contributed by atoms with Crippen LogP contribution in [-0.4, -0.2) is 48.4 Å². The Kier molecular flexibility index (Phi) is 3.33. The van der Waals surface area contributed by atoms with Crippen molar-refractivity contribution in [3.63, 3.8) is 0 Å². The summed E-state index contributed by atoms with van der Waals surface area (Å²) >= 11 is 0. The maximum absolute atomic E-state index is 12.6. The summed E-state index contributed by atoms with van der Waals surface area (Å²) in [4.78, 5) is 16.9. The molecule has 1 amide bonds. The zero-order valence-electron chi connectivity index (χ0n) is 12.1. The first-order valence-corrected chi connectivity index (χ1v) is 7.67. The summed E-state index contributed by atoms with van der Waals surface area (Å²) < 4.78 is 0. The topological polar surface area (TPSA) is 47.3 Å². The van der Waals surface area contributed by atoms with Gasteiger partial charge in [-0.15, -0.1) is 6.58 Å². The normalized spacial score (nSPS) is 27.2. The second-order valence-electron chi connectivity index (χ2n) is 6.84. The molecule has 2 saturated heterocycles. The van der Waals surface area contributed by atoms with Crippen molar-refractivity contribution in [2.24, 2.45) is 10.8 Å². The van der Waals surface area contributed by atoms with Crippen molar-refractivity contribution < 1.29 is 4.79 Å². The highest BCUT2D eigenvalue weighted by Gasteiger charge is 2.53. The van der Waals surface area contributed by atoms with Crippen molar-refractivity contribution in [1.82, 2.24) is 9.80 Å². The van der Waals surface area contributed by atoms with E-state index in [1.165, 1.54) is 6.42 Å². The van der Waals surface area contributed by atoms with Crippen molar-refractivity contribution >= 4 is 5.91 Å². The molecule has 0 aromatic heterocycles. The Bertz CT molecular complexity index is 453. The molecule has 4 heteroatoms. The quantitative estimate of drug-likeness (QED) is 0.737. The molecular weight excluding hydrogens is 250 g/mol. The van der Waals surface area contributed by atoms with E-state index in [1.54, 1.807) is 0 Å². The molecule has 4 nitrogen and oxygen atoms in total. The van der Waals surface area contributed by atoms with Gasteiger partial charge in [0, 0.05) is 31.6 Å². The molecule has 0 atom stereocenters. The Morgan fingerprint density at radius 1 is 1.25 bits per heavy atom. The van der Waals surface area contributed by atoms with E-state index in [2.05, 4.69) is 17.5 Å². The van der Waals surface area contributed by atoms with Gasteiger partial charge >= 0.3 is 0 Å². The van der Waals surface area contributed by atoms with E-state index in [0.29, 0.717) is 5.41 Å². The summed E-state index contributed by atoms with van der Waals surface area (Å²) in [7, 11) is 0. The Balaban J connectivity index is 1.59. The van der Waals surface area contributed by atoms with Crippen molar-refractivity contribution in [2.45, 2.75) is 32.1 Å². The number of likely N-dealkylation sites (tertiary alicyclic amines) is 2. The molecule has 2 heterocycles. The van der Waals surface area contributed by atoms with Gasteiger partial charge in [0.15, 0.2) is 0 Å². The monoisotopic (exact) mass is 273 g/mol. The average Bonchev–Trinajstić information content (AvgIpc) is 3.04. The molecule has 0 unspecified atom stereocenters. The van der Waals surface area contributed by atoms with E-state index in [4.69, 9.17) is 0 Å². The van der Waals surface area contributed by atoms with Crippen molar-refractivity contribution in [3.05, 3.63) is 12.7 Å². The van der Waals surface area contributed by atoms with Gasteiger partial charge < -0.3 is 4.90 Å². The molecule has 0 bridgehead atoms. The Hall–Kier alpha value is -1.34. The van der Waals surface area contributed by atoms with Gasteiger partial charge in [-0.05, 0) is 25.8 Å². The first-order valence-electron chi connectivity index (χ1n) is 7.67. The molecule has 3 fully saturated rings. The minimum absolute atomic E-state index is 0.102. The molecule has 3 aliphatic rings. The van der Waals surface area contributed by atoms with Gasteiger partial charge in [0.1, 0.15) is 5.41 Å². The van der Waals surface area contributed by atoms with Crippen LogP contribution in [-0.2, 0) is 4.79 Å². The smallest absolute Gasteiger partial charge is 0.243 e. The molecule has 0 radical (unpaired) electrons. The molecule has 1 saturated carbocycles. The van der Waals surface area contributed by atoms with Crippen LogP contribution >= 0.6 is 0 Å². The second-order valence-corrected chi connectivity index (χ2v) is 6.84. The maximum atomic E-state index is 12.6. The minimum atomic E-state index is -0.693. The van der Waals surface area contributed by atoms with Gasteiger partial charge in [0.25, 0.3) is 0 Å². The molecule has 1 spiro atoms. The number of amides is 1. The molecule has 2 aliphatic heterocycles.